The van der Waals surface area contributed by atoms with Crippen molar-refractivity contribution in [3.8, 4) is 0 Å². The molecule has 0 spiro atoms. The summed E-state index contributed by atoms with van der Waals surface area (Å²) in [6.07, 6.45) is 1.44. The molecule has 3 N–H and O–H groups in total. The quantitative estimate of drug-likeness (QED) is 0.740. The number of sulfonamides is 1. The van der Waals surface area contributed by atoms with Crippen molar-refractivity contribution in [3.63, 3.8) is 0 Å². The van der Waals surface area contributed by atoms with Crippen molar-refractivity contribution in [1.29, 1.82) is 0 Å². The van der Waals surface area contributed by atoms with Crippen LogP contribution in [-0.4, -0.2) is 44.9 Å². The summed E-state index contributed by atoms with van der Waals surface area (Å²) in [6.45, 7) is 1.76. The van der Waals surface area contributed by atoms with Crippen LogP contribution < -0.4 is 5.73 Å². The number of thiocarbonyl (C=S) groups is 1. The van der Waals surface area contributed by atoms with Crippen LogP contribution in [-0.2, 0) is 16.6 Å². The number of hydrogen-bond donors (Lipinski definition) is 2. The van der Waals surface area contributed by atoms with Gasteiger partial charge in [-0.15, -0.1) is 0 Å². The van der Waals surface area contributed by atoms with Crippen LogP contribution in [0.25, 0.3) is 0 Å². The van der Waals surface area contributed by atoms with Crippen molar-refractivity contribution in [2.75, 3.05) is 7.05 Å². The Bertz CT molecular complexity index is 771. The third-order valence-electron chi connectivity index (χ3n) is 2.70. The smallest absolute Gasteiger partial charge is 0.245 e. The first-order valence-electron chi connectivity index (χ1n) is 5.91. The van der Waals surface area contributed by atoms with Crippen LogP contribution in [0.4, 0.5) is 0 Å². The predicted octanol–water partition coefficient (Wildman–Crippen LogP) is -0.0370. The van der Waals surface area contributed by atoms with E-state index in [0.29, 0.717) is 11.6 Å². The topological polar surface area (TPSA) is 118 Å². The molecule has 0 fully saturated rings. The van der Waals surface area contributed by atoms with E-state index in [1.54, 1.807) is 6.92 Å². The summed E-state index contributed by atoms with van der Waals surface area (Å²) in [6, 6.07) is 2.93. The van der Waals surface area contributed by atoms with E-state index >= 15 is 0 Å². The summed E-state index contributed by atoms with van der Waals surface area (Å²) >= 11 is 4.84. The molecule has 10 heteroatoms. The van der Waals surface area contributed by atoms with Gasteiger partial charge in [0.05, 0.1) is 6.54 Å². The first-order chi connectivity index (χ1) is 9.82. The lowest BCUT2D eigenvalue weighted by Gasteiger charge is -2.17. The fourth-order valence-electron chi connectivity index (χ4n) is 1.70. The molecule has 0 aliphatic rings. The Morgan fingerprint density at radius 2 is 2.24 bits per heavy atom. The van der Waals surface area contributed by atoms with Gasteiger partial charge in [0.2, 0.25) is 10.0 Å². The lowest BCUT2D eigenvalue weighted by molar-refractivity contribution is 0.457. The van der Waals surface area contributed by atoms with Crippen LogP contribution in [0.15, 0.2) is 23.2 Å². The monoisotopic (exact) mass is 326 g/mol. The van der Waals surface area contributed by atoms with E-state index in [4.69, 9.17) is 18.0 Å². The van der Waals surface area contributed by atoms with Crippen molar-refractivity contribution in [3.05, 3.63) is 35.7 Å². The molecule has 2 heterocycles. The van der Waals surface area contributed by atoms with Crippen molar-refractivity contribution in [2.24, 2.45) is 5.73 Å². The third-order valence-corrected chi connectivity index (χ3v) is 4.73. The van der Waals surface area contributed by atoms with Crippen LogP contribution in [0.2, 0.25) is 0 Å². The number of H-pyrrole nitrogens is 1. The zero-order valence-corrected chi connectivity index (χ0v) is 13.1. The highest BCUT2D eigenvalue weighted by atomic mass is 32.2. The van der Waals surface area contributed by atoms with Crippen molar-refractivity contribution < 1.29 is 8.42 Å². The Morgan fingerprint density at radius 1 is 1.52 bits per heavy atom. The fraction of sp³-hybridized carbons (Fsp3) is 0.273. The maximum Gasteiger partial charge on any atom is 0.245 e. The summed E-state index contributed by atoms with van der Waals surface area (Å²) in [5.74, 6) is 0.986. The van der Waals surface area contributed by atoms with Crippen molar-refractivity contribution >= 4 is 27.2 Å². The van der Waals surface area contributed by atoms with Gasteiger partial charge >= 0.3 is 0 Å². The molecule has 0 atom stereocenters. The molecule has 0 aromatic carbocycles. The molecule has 0 bridgehead atoms. The Balaban J connectivity index is 2.35. The largest absolute Gasteiger partial charge is 0.388 e. The second kappa shape index (κ2) is 5.84. The number of rotatable bonds is 5. The number of nitrogens with one attached hydrogen (secondary N) is 1. The maximum absolute atomic E-state index is 12.6. The molecule has 21 heavy (non-hydrogen) atoms. The zero-order valence-electron chi connectivity index (χ0n) is 11.4. The molecule has 0 radical (unpaired) electrons. The van der Waals surface area contributed by atoms with Crippen LogP contribution in [0, 0.1) is 6.92 Å². The highest BCUT2D eigenvalue weighted by Crippen LogP contribution is 2.18. The number of pyridine rings is 1. The lowest BCUT2D eigenvalue weighted by Crippen LogP contribution is -2.29. The normalized spacial score (nSPS) is 11.8. The summed E-state index contributed by atoms with van der Waals surface area (Å²) in [4.78, 5) is 7.90. The molecular formula is C11H14N6O2S2. The van der Waals surface area contributed by atoms with Crippen LogP contribution in [0.3, 0.4) is 0 Å². The van der Waals surface area contributed by atoms with E-state index in [1.807, 2.05) is 0 Å². The minimum absolute atomic E-state index is 0.0261. The van der Waals surface area contributed by atoms with E-state index in [1.165, 1.54) is 25.4 Å². The Hall–Kier alpha value is -1.91. The molecule has 2 aromatic heterocycles. The molecule has 2 aromatic rings. The SMILES string of the molecule is Cc1nc(CN(C)S(=O)(=O)c2cccnc2C(N)=S)n[nH]1. The molecule has 0 aliphatic heterocycles. The molecule has 2 rings (SSSR count). The van der Waals surface area contributed by atoms with Crippen molar-refractivity contribution in [1.82, 2.24) is 24.5 Å². The Labute approximate surface area is 127 Å². The van der Waals surface area contributed by atoms with E-state index in [0.717, 1.165) is 4.31 Å². The molecule has 0 unspecified atom stereocenters. The molecule has 112 valence electrons. The van der Waals surface area contributed by atoms with E-state index in [9.17, 15) is 8.42 Å². The maximum atomic E-state index is 12.6. The Morgan fingerprint density at radius 3 is 2.81 bits per heavy atom. The zero-order chi connectivity index (χ0) is 15.6. The average Bonchev–Trinajstić information content (AvgIpc) is 2.84. The number of aryl methyl sites for hydroxylation is 1. The first-order valence-corrected chi connectivity index (χ1v) is 7.76. The van der Waals surface area contributed by atoms with Gasteiger partial charge in [-0.1, -0.05) is 12.2 Å². The van der Waals surface area contributed by atoms with Gasteiger partial charge in [-0.25, -0.2) is 13.4 Å². The van der Waals surface area contributed by atoms with Gasteiger partial charge in [-0.2, -0.15) is 9.40 Å². The minimum atomic E-state index is -3.79. The summed E-state index contributed by atoms with van der Waals surface area (Å²) < 4.78 is 26.3. The van der Waals surface area contributed by atoms with E-state index in [-0.39, 0.29) is 22.1 Å². The average molecular weight is 326 g/mol. The van der Waals surface area contributed by atoms with Crippen LogP contribution in [0.5, 0.6) is 0 Å². The molecule has 0 saturated carbocycles. The molecule has 8 nitrogen and oxygen atoms in total. The number of nitrogens with two attached hydrogens (primary N) is 1. The van der Waals surface area contributed by atoms with Crippen LogP contribution >= 0.6 is 12.2 Å². The second-order valence-electron chi connectivity index (χ2n) is 4.31. The fourth-order valence-corrected chi connectivity index (χ4v) is 3.20. The van der Waals surface area contributed by atoms with Gasteiger partial charge in [0, 0.05) is 13.2 Å². The number of nitrogens with zero attached hydrogens (tertiary/aromatic N) is 4. The van der Waals surface area contributed by atoms with Gasteiger partial charge in [0.15, 0.2) is 5.82 Å². The molecule has 0 aliphatic carbocycles. The first kappa shape index (κ1) is 15.5. The number of aromatic nitrogens is 4. The van der Waals surface area contributed by atoms with E-state index in [2.05, 4.69) is 20.2 Å². The predicted molar refractivity (Wildman–Crippen MR) is 79.9 cm³/mol. The van der Waals surface area contributed by atoms with Gasteiger partial charge < -0.3 is 5.73 Å². The minimum Gasteiger partial charge on any atom is -0.388 e. The summed E-state index contributed by atoms with van der Waals surface area (Å²) in [7, 11) is -2.37. The van der Waals surface area contributed by atoms with Gasteiger partial charge in [-0.3, -0.25) is 10.1 Å². The highest BCUT2D eigenvalue weighted by molar-refractivity contribution is 7.89. The standard InChI is InChI=1S/C11H14N6O2S2/c1-7-14-9(16-15-7)6-17(2)21(18,19)8-4-3-5-13-10(8)11(12)20/h3-5H,6H2,1-2H3,(H2,12,20)(H,14,15,16). The molecule has 0 saturated heterocycles. The van der Waals surface area contributed by atoms with Crippen molar-refractivity contribution in [2.45, 2.75) is 18.4 Å². The van der Waals surface area contributed by atoms with Crippen LogP contribution in [0.1, 0.15) is 17.3 Å². The third kappa shape index (κ3) is 3.23. The molecule has 0 amide bonds. The highest BCUT2D eigenvalue weighted by Gasteiger charge is 2.26. The number of hydrogen-bond acceptors (Lipinski definition) is 6. The Kier molecular flexibility index (Phi) is 4.30. The second-order valence-corrected chi connectivity index (χ2v) is 6.77. The van der Waals surface area contributed by atoms with Gasteiger partial charge in [-0.05, 0) is 19.1 Å². The summed E-state index contributed by atoms with van der Waals surface area (Å²) in [5.41, 5.74) is 5.60. The van der Waals surface area contributed by atoms with E-state index < -0.39 is 10.0 Å². The van der Waals surface area contributed by atoms with Gasteiger partial charge in [0.1, 0.15) is 21.4 Å². The summed E-state index contributed by atoms with van der Waals surface area (Å²) in [5, 5.41) is 6.57. The number of aromatic amines is 1. The lowest BCUT2D eigenvalue weighted by atomic mass is 10.3. The molecular weight excluding hydrogens is 312 g/mol. The van der Waals surface area contributed by atoms with Gasteiger partial charge in [0.25, 0.3) is 0 Å².